The molecule has 0 aliphatic rings. The Bertz CT molecular complexity index is 839. The predicted molar refractivity (Wildman–Crippen MR) is 86.4 cm³/mol. The summed E-state index contributed by atoms with van der Waals surface area (Å²) in [5.74, 6) is 0.185. The van der Waals surface area contributed by atoms with Crippen molar-refractivity contribution >= 4 is 11.1 Å². The normalized spacial score (nSPS) is 12.2. The number of oxazole rings is 1. The minimum absolute atomic E-state index is 0.173. The van der Waals surface area contributed by atoms with Gasteiger partial charge in [-0.15, -0.1) is 0 Å². The lowest BCUT2D eigenvalue weighted by atomic mass is 10.1. The highest BCUT2D eigenvalue weighted by Crippen LogP contribution is 2.37. The average Bonchev–Trinajstić information content (AvgIpc) is 2.95. The zero-order valence-corrected chi connectivity index (χ0v) is 13.3. The Kier molecular flexibility index (Phi) is 4.32. The molecule has 126 valence electrons. The highest BCUT2D eigenvalue weighted by Gasteiger charge is 2.35. The van der Waals surface area contributed by atoms with E-state index in [2.05, 4.69) is 10.3 Å². The van der Waals surface area contributed by atoms with Crippen molar-refractivity contribution in [2.45, 2.75) is 32.6 Å². The molecule has 0 aliphatic carbocycles. The van der Waals surface area contributed by atoms with Crippen molar-refractivity contribution in [2.75, 3.05) is 0 Å². The number of nitrogens with one attached hydrogen (secondary N) is 1. The number of aromatic nitrogens is 1. The second kappa shape index (κ2) is 6.28. The summed E-state index contributed by atoms with van der Waals surface area (Å²) in [6, 6.07) is 11.8. The van der Waals surface area contributed by atoms with E-state index in [1.54, 1.807) is 30.3 Å². The van der Waals surface area contributed by atoms with Crippen molar-refractivity contribution in [3.63, 3.8) is 0 Å². The molecule has 0 atom stereocenters. The Morgan fingerprint density at radius 1 is 1.12 bits per heavy atom. The zero-order valence-electron chi connectivity index (χ0n) is 13.3. The minimum Gasteiger partial charge on any atom is -0.435 e. The molecular weight excluding hydrogens is 317 g/mol. The first kappa shape index (κ1) is 16.5. The van der Waals surface area contributed by atoms with Crippen LogP contribution in [0.2, 0.25) is 0 Å². The molecule has 1 aromatic heterocycles. The Balaban J connectivity index is 2.12. The van der Waals surface area contributed by atoms with Gasteiger partial charge in [-0.1, -0.05) is 32.0 Å². The summed E-state index contributed by atoms with van der Waals surface area (Å²) in [7, 11) is 0. The van der Waals surface area contributed by atoms with E-state index in [0.717, 1.165) is 6.07 Å². The van der Waals surface area contributed by atoms with Crippen molar-refractivity contribution < 1.29 is 17.6 Å². The molecule has 2 aromatic carbocycles. The monoisotopic (exact) mass is 334 g/mol. The van der Waals surface area contributed by atoms with Gasteiger partial charge in [0.25, 0.3) is 0 Å². The number of benzene rings is 2. The first-order chi connectivity index (χ1) is 11.3. The third-order valence-electron chi connectivity index (χ3n) is 3.59. The predicted octanol–water partition coefficient (Wildman–Crippen LogP) is 5.01. The number of rotatable bonds is 4. The van der Waals surface area contributed by atoms with E-state index in [9.17, 15) is 13.2 Å². The Labute approximate surface area is 137 Å². The van der Waals surface area contributed by atoms with Gasteiger partial charge in [-0.25, -0.2) is 4.98 Å². The van der Waals surface area contributed by atoms with Crippen LogP contribution >= 0.6 is 0 Å². The van der Waals surface area contributed by atoms with Crippen molar-refractivity contribution in [1.29, 1.82) is 0 Å². The van der Waals surface area contributed by atoms with E-state index in [0.29, 0.717) is 17.7 Å². The molecule has 0 bridgehead atoms. The van der Waals surface area contributed by atoms with Gasteiger partial charge >= 0.3 is 6.18 Å². The maximum absolute atomic E-state index is 13.4. The van der Waals surface area contributed by atoms with Crippen molar-refractivity contribution in [2.24, 2.45) is 0 Å². The first-order valence-corrected chi connectivity index (χ1v) is 7.64. The van der Waals surface area contributed by atoms with Gasteiger partial charge < -0.3 is 9.73 Å². The molecule has 1 N–H and O–H groups in total. The maximum Gasteiger partial charge on any atom is 0.420 e. The molecular formula is C18H17F3N2O. The lowest BCUT2D eigenvalue weighted by Gasteiger charge is -2.11. The molecule has 1 heterocycles. The molecule has 0 amide bonds. The standard InChI is InChI=1S/C18H17F3N2O/c1-11(2)22-10-12-8-14(18(19,20)21)16-15(9-12)23-17(24-16)13-6-4-3-5-7-13/h3-9,11,22H,10H2,1-2H3. The molecule has 0 saturated heterocycles. The van der Waals surface area contributed by atoms with Gasteiger partial charge in [-0.05, 0) is 29.8 Å². The van der Waals surface area contributed by atoms with E-state index >= 15 is 0 Å². The molecule has 3 nitrogen and oxygen atoms in total. The maximum atomic E-state index is 13.4. The van der Waals surface area contributed by atoms with Crippen LogP contribution in [-0.4, -0.2) is 11.0 Å². The van der Waals surface area contributed by atoms with Crippen molar-refractivity contribution in [3.8, 4) is 11.5 Å². The number of halogens is 3. The molecule has 3 rings (SSSR count). The fourth-order valence-corrected chi connectivity index (χ4v) is 2.43. The van der Waals surface area contributed by atoms with Crippen LogP contribution in [0.3, 0.4) is 0 Å². The quantitative estimate of drug-likeness (QED) is 0.729. The fraction of sp³-hybridized carbons (Fsp3) is 0.278. The van der Waals surface area contributed by atoms with Crippen LogP contribution in [0.5, 0.6) is 0 Å². The summed E-state index contributed by atoms with van der Waals surface area (Å²) in [6.45, 7) is 4.21. The lowest BCUT2D eigenvalue weighted by Crippen LogP contribution is -2.22. The van der Waals surface area contributed by atoms with Gasteiger partial charge in [0.05, 0.1) is 0 Å². The zero-order chi connectivity index (χ0) is 17.3. The molecule has 6 heteroatoms. The summed E-state index contributed by atoms with van der Waals surface area (Å²) in [5, 5.41) is 3.12. The van der Waals surface area contributed by atoms with Gasteiger partial charge in [-0.2, -0.15) is 13.2 Å². The van der Waals surface area contributed by atoms with E-state index in [1.165, 1.54) is 0 Å². The third-order valence-corrected chi connectivity index (χ3v) is 3.59. The SMILES string of the molecule is CC(C)NCc1cc(C(F)(F)F)c2oc(-c3ccccc3)nc2c1. The highest BCUT2D eigenvalue weighted by molar-refractivity contribution is 5.80. The molecule has 0 unspecified atom stereocenters. The van der Waals surface area contributed by atoms with Crippen LogP contribution in [0.4, 0.5) is 13.2 Å². The first-order valence-electron chi connectivity index (χ1n) is 7.64. The fourth-order valence-electron chi connectivity index (χ4n) is 2.43. The van der Waals surface area contributed by atoms with Gasteiger partial charge in [-0.3, -0.25) is 0 Å². The van der Waals surface area contributed by atoms with Crippen LogP contribution in [0.1, 0.15) is 25.0 Å². The second-order valence-electron chi connectivity index (χ2n) is 5.91. The number of alkyl halides is 3. The van der Waals surface area contributed by atoms with Crippen LogP contribution in [0.25, 0.3) is 22.6 Å². The Morgan fingerprint density at radius 3 is 2.46 bits per heavy atom. The van der Waals surface area contributed by atoms with E-state index in [4.69, 9.17) is 4.42 Å². The van der Waals surface area contributed by atoms with Crippen molar-refractivity contribution in [1.82, 2.24) is 10.3 Å². The summed E-state index contributed by atoms with van der Waals surface area (Å²) in [6.07, 6.45) is -4.50. The van der Waals surface area contributed by atoms with Gasteiger partial charge in [0.2, 0.25) is 5.89 Å². The summed E-state index contributed by atoms with van der Waals surface area (Å²) in [5.41, 5.74) is 0.356. The van der Waals surface area contributed by atoms with E-state index in [1.807, 2.05) is 19.9 Å². The van der Waals surface area contributed by atoms with Gasteiger partial charge in [0, 0.05) is 18.2 Å². The highest BCUT2D eigenvalue weighted by atomic mass is 19.4. The number of hydrogen-bond acceptors (Lipinski definition) is 3. The summed E-state index contributed by atoms with van der Waals surface area (Å²) < 4.78 is 45.6. The third kappa shape index (κ3) is 3.43. The number of hydrogen-bond donors (Lipinski definition) is 1. The van der Waals surface area contributed by atoms with E-state index < -0.39 is 11.7 Å². The largest absolute Gasteiger partial charge is 0.435 e. The second-order valence-corrected chi connectivity index (χ2v) is 5.91. The number of fused-ring (bicyclic) bond motifs is 1. The Hall–Kier alpha value is -2.34. The number of nitrogens with zero attached hydrogens (tertiary/aromatic N) is 1. The molecule has 0 radical (unpaired) electrons. The summed E-state index contributed by atoms with van der Waals surface area (Å²) in [4.78, 5) is 4.25. The topological polar surface area (TPSA) is 38.1 Å². The molecule has 0 fully saturated rings. The lowest BCUT2D eigenvalue weighted by molar-refractivity contribution is -0.136. The Morgan fingerprint density at radius 2 is 1.83 bits per heavy atom. The summed E-state index contributed by atoms with van der Waals surface area (Å²) >= 11 is 0. The molecule has 0 saturated carbocycles. The van der Waals surface area contributed by atoms with Gasteiger partial charge in [0.15, 0.2) is 5.58 Å². The van der Waals surface area contributed by atoms with Crippen molar-refractivity contribution in [3.05, 3.63) is 53.6 Å². The molecule has 24 heavy (non-hydrogen) atoms. The average molecular weight is 334 g/mol. The van der Waals surface area contributed by atoms with Crippen LogP contribution in [-0.2, 0) is 12.7 Å². The smallest absolute Gasteiger partial charge is 0.420 e. The molecule has 3 aromatic rings. The van der Waals surface area contributed by atoms with Gasteiger partial charge in [0.1, 0.15) is 11.1 Å². The minimum atomic E-state index is -4.50. The van der Waals surface area contributed by atoms with E-state index in [-0.39, 0.29) is 23.0 Å². The molecule has 0 spiro atoms. The van der Waals surface area contributed by atoms with Crippen LogP contribution in [0, 0.1) is 0 Å². The van der Waals surface area contributed by atoms with Crippen LogP contribution < -0.4 is 5.32 Å². The molecule has 0 aliphatic heterocycles. The van der Waals surface area contributed by atoms with Crippen LogP contribution in [0.15, 0.2) is 46.9 Å².